The number of rotatable bonds is 19. The molecule has 8 N–H and O–H groups in total. The monoisotopic (exact) mass is 538 g/mol. The fourth-order valence-corrected chi connectivity index (χ4v) is 5.28. The van der Waals surface area contributed by atoms with Crippen molar-refractivity contribution in [3.8, 4) is 0 Å². The minimum Gasteiger partial charge on any atom is -0.479 e. The molecule has 1 heterocycles. The van der Waals surface area contributed by atoms with Gasteiger partial charge in [0.15, 0.2) is 5.54 Å². The van der Waals surface area contributed by atoms with E-state index in [0.29, 0.717) is 6.42 Å². The molecule has 0 aromatic heterocycles. The normalized spacial score (nSPS) is 26.1. The van der Waals surface area contributed by atoms with E-state index in [-0.39, 0.29) is 12.8 Å². The topological polar surface area (TPSA) is 206 Å². The zero-order chi connectivity index (χ0) is 27.4. The smallest absolute Gasteiger partial charge is 0.331 e. The molecule has 0 aliphatic carbocycles. The van der Waals surface area contributed by atoms with Gasteiger partial charge in [0, 0.05) is 12.5 Å². The van der Waals surface area contributed by atoms with Gasteiger partial charge >= 0.3 is 13.6 Å². The van der Waals surface area contributed by atoms with Gasteiger partial charge in [0.05, 0.1) is 43.7 Å². The summed E-state index contributed by atoms with van der Waals surface area (Å²) in [6, 6.07) is -1.63. The van der Waals surface area contributed by atoms with Crippen LogP contribution >= 0.6 is 7.60 Å². The lowest BCUT2D eigenvalue weighted by Gasteiger charge is -2.28. The summed E-state index contributed by atoms with van der Waals surface area (Å²) in [5, 5.41) is 53.8. The maximum absolute atomic E-state index is 12.4. The molecule has 7 atom stereocenters. The van der Waals surface area contributed by atoms with Crippen LogP contribution in [0.2, 0.25) is 0 Å². The molecule has 1 rings (SSSR count). The Morgan fingerprint density at radius 2 is 1.72 bits per heavy atom. The summed E-state index contributed by atoms with van der Waals surface area (Å²) in [7, 11) is -4.48. The number of aliphatic hydroxyl groups is 4. The minimum atomic E-state index is -4.48. The number of unbranched alkanes of at least 4 members (excludes halogenated alkanes) is 6. The second-order valence-corrected chi connectivity index (χ2v) is 11.6. The van der Waals surface area contributed by atoms with Gasteiger partial charge in [-0.15, -0.1) is 6.58 Å². The fourth-order valence-electron chi connectivity index (χ4n) is 4.04. The number of carboxylic acid groups (broad SMARTS) is 1. The van der Waals surface area contributed by atoms with Gasteiger partial charge in [0.2, 0.25) is 5.91 Å². The third-order valence-corrected chi connectivity index (χ3v) is 7.69. The Labute approximate surface area is 212 Å². The second-order valence-electron chi connectivity index (χ2n) is 9.66. The van der Waals surface area contributed by atoms with E-state index in [1.54, 1.807) is 0 Å². The molecule has 1 fully saturated rings. The molecule has 12 nitrogen and oxygen atoms in total. The third kappa shape index (κ3) is 11.4. The summed E-state index contributed by atoms with van der Waals surface area (Å²) in [6.07, 6.45) is 3.61. The van der Waals surface area contributed by atoms with Crippen molar-refractivity contribution in [3.05, 3.63) is 12.7 Å². The summed E-state index contributed by atoms with van der Waals surface area (Å²) >= 11 is 0. The number of aliphatic hydroxyl groups excluding tert-OH is 4. The summed E-state index contributed by atoms with van der Waals surface area (Å²) < 4.78 is 17.4. The molecule has 0 radical (unpaired) electrons. The molecule has 0 saturated carbocycles. The first-order valence-electron chi connectivity index (χ1n) is 12.4. The first-order chi connectivity index (χ1) is 16.8. The fraction of sp³-hybridized carbons (Fsp3) is 0.826. The number of carboxylic acids is 1. The lowest BCUT2D eigenvalue weighted by molar-refractivity contribution is -0.148. The number of carbonyl (C=O) groups excluding carboxylic acids is 1. The van der Waals surface area contributed by atoms with Crippen molar-refractivity contribution >= 4 is 19.5 Å². The SMILES string of the molecule is C=CCCCCCCCCC(=O)NC(C)(COP(=O)(O)C[C@H](O)C[C@H]1N[C@H](CO)[C@@H](O)[C@@H]1O)C(=O)O. The Hall–Kier alpha value is -1.37. The predicted octanol–water partition coefficient (Wildman–Crippen LogP) is 0.260. The number of carbonyl (C=O) groups is 2. The van der Waals surface area contributed by atoms with Gasteiger partial charge in [-0.1, -0.05) is 31.8 Å². The number of nitrogens with one attached hydrogen (secondary N) is 2. The Balaban J connectivity index is 2.48. The average molecular weight is 539 g/mol. The maximum atomic E-state index is 12.4. The standard InChI is InChI=1S/C23H43N2O10P/c1-3-4-5-6-7-8-9-10-11-19(28)25-23(2,22(31)32)15-35-36(33,34)14-16(27)12-17-20(29)21(30)18(13-26)24-17/h3,16-18,20-21,24,26-27,29-30H,1,4-15H2,2H3,(H,25,28)(H,31,32)(H,33,34)/t16-,17-,18-,20-,21-,23?/m1/s1. The van der Waals surface area contributed by atoms with Crippen LogP contribution in [0.15, 0.2) is 12.7 Å². The predicted molar refractivity (Wildman–Crippen MR) is 132 cm³/mol. The van der Waals surface area contributed by atoms with E-state index >= 15 is 0 Å². The van der Waals surface area contributed by atoms with Crippen molar-refractivity contribution in [2.24, 2.45) is 0 Å². The molecule has 13 heteroatoms. The zero-order valence-corrected chi connectivity index (χ0v) is 21.8. The van der Waals surface area contributed by atoms with Crippen LogP contribution in [0.4, 0.5) is 0 Å². The number of aliphatic carboxylic acids is 1. The van der Waals surface area contributed by atoms with Gasteiger partial charge in [-0.3, -0.25) is 9.36 Å². The van der Waals surface area contributed by atoms with Gasteiger partial charge in [-0.05, 0) is 32.6 Å². The zero-order valence-electron chi connectivity index (χ0n) is 20.9. The van der Waals surface area contributed by atoms with E-state index in [9.17, 15) is 44.6 Å². The van der Waals surface area contributed by atoms with Crippen molar-refractivity contribution in [2.45, 2.75) is 101 Å². The molecule has 2 unspecified atom stereocenters. The van der Waals surface area contributed by atoms with Crippen LogP contribution < -0.4 is 10.6 Å². The molecule has 1 amide bonds. The first kappa shape index (κ1) is 32.7. The average Bonchev–Trinajstić information content (AvgIpc) is 3.06. The molecule has 0 aromatic rings. The van der Waals surface area contributed by atoms with Crippen molar-refractivity contribution < 1.29 is 49.1 Å². The highest BCUT2D eigenvalue weighted by atomic mass is 31.2. The quantitative estimate of drug-likeness (QED) is 0.0636. The molecule has 0 spiro atoms. The van der Waals surface area contributed by atoms with E-state index in [0.717, 1.165) is 38.5 Å². The van der Waals surface area contributed by atoms with Crippen molar-refractivity contribution in [2.75, 3.05) is 19.4 Å². The number of hydrogen-bond acceptors (Lipinski definition) is 9. The number of amides is 1. The molecule has 0 aromatic carbocycles. The van der Waals surface area contributed by atoms with E-state index in [1.807, 2.05) is 6.08 Å². The summed E-state index contributed by atoms with van der Waals surface area (Å²) in [6.45, 7) is 3.60. The van der Waals surface area contributed by atoms with Gasteiger partial charge in [-0.25, -0.2) is 4.79 Å². The lowest BCUT2D eigenvalue weighted by atomic mass is 10.0. The molecule has 36 heavy (non-hydrogen) atoms. The van der Waals surface area contributed by atoms with Crippen LogP contribution in [0, 0.1) is 0 Å². The Morgan fingerprint density at radius 3 is 2.28 bits per heavy atom. The highest BCUT2D eigenvalue weighted by molar-refractivity contribution is 7.52. The van der Waals surface area contributed by atoms with Crippen LogP contribution in [-0.2, 0) is 18.7 Å². The van der Waals surface area contributed by atoms with Crippen molar-refractivity contribution in [3.63, 3.8) is 0 Å². The molecular weight excluding hydrogens is 495 g/mol. The van der Waals surface area contributed by atoms with Crippen molar-refractivity contribution in [1.82, 2.24) is 10.6 Å². The van der Waals surface area contributed by atoms with Gasteiger partial charge in [0.25, 0.3) is 0 Å². The minimum absolute atomic E-state index is 0.114. The van der Waals surface area contributed by atoms with E-state index in [1.165, 1.54) is 6.92 Å². The van der Waals surface area contributed by atoms with Crippen LogP contribution in [0.3, 0.4) is 0 Å². The summed E-state index contributed by atoms with van der Waals surface area (Å²) in [5.74, 6) is -1.96. The van der Waals surface area contributed by atoms with Crippen LogP contribution in [0.5, 0.6) is 0 Å². The second kappa shape index (κ2) is 15.8. The van der Waals surface area contributed by atoms with Crippen LogP contribution in [0.25, 0.3) is 0 Å². The van der Waals surface area contributed by atoms with Gasteiger partial charge < -0.3 is 45.6 Å². The number of allylic oxidation sites excluding steroid dienone is 1. The van der Waals surface area contributed by atoms with Gasteiger partial charge in [0.1, 0.15) is 0 Å². The third-order valence-electron chi connectivity index (χ3n) is 6.27. The first-order valence-corrected chi connectivity index (χ1v) is 14.1. The van der Waals surface area contributed by atoms with Crippen molar-refractivity contribution in [1.29, 1.82) is 0 Å². The Kier molecular flexibility index (Phi) is 14.3. The summed E-state index contributed by atoms with van der Waals surface area (Å²) in [5.41, 5.74) is -1.95. The van der Waals surface area contributed by atoms with Gasteiger partial charge in [-0.2, -0.15) is 0 Å². The van der Waals surface area contributed by atoms with Crippen LogP contribution in [0.1, 0.15) is 64.7 Å². The molecule has 1 saturated heterocycles. The lowest BCUT2D eigenvalue weighted by Crippen LogP contribution is -2.55. The Bertz CT molecular complexity index is 754. The highest BCUT2D eigenvalue weighted by Gasteiger charge is 2.42. The molecule has 0 bridgehead atoms. The molecule has 1 aliphatic heterocycles. The number of hydrogen-bond donors (Lipinski definition) is 8. The highest BCUT2D eigenvalue weighted by Crippen LogP contribution is 2.44. The largest absolute Gasteiger partial charge is 0.479 e. The van der Waals surface area contributed by atoms with E-state index in [2.05, 4.69) is 17.2 Å². The van der Waals surface area contributed by atoms with E-state index in [4.69, 9.17) is 4.52 Å². The summed E-state index contributed by atoms with van der Waals surface area (Å²) in [4.78, 5) is 34.1. The van der Waals surface area contributed by atoms with Crippen LogP contribution in [-0.4, -0.2) is 97.6 Å². The maximum Gasteiger partial charge on any atom is 0.331 e. The Morgan fingerprint density at radius 1 is 1.14 bits per heavy atom. The molecule has 210 valence electrons. The molecule has 1 aliphatic rings. The van der Waals surface area contributed by atoms with E-state index < -0.39 is 74.8 Å². The molecular formula is C23H43N2O10P.